The molecule has 0 saturated heterocycles. The van der Waals surface area contributed by atoms with E-state index in [4.69, 9.17) is 0 Å². The van der Waals surface area contributed by atoms with Crippen molar-refractivity contribution in [3.8, 4) is 0 Å². The molecule has 0 fully saturated rings. The molecule has 1 amide bonds. The fourth-order valence-corrected chi connectivity index (χ4v) is 4.34. The van der Waals surface area contributed by atoms with E-state index < -0.39 is 0 Å². The van der Waals surface area contributed by atoms with Crippen LogP contribution in [0.25, 0.3) is 11.2 Å². The minimum Gasteiger partial charge on any atom is -0.368 e. The summed E-state index contributed by atoms with van der Waals surface area (Å²) in [6.45, 7) is 0.786. The zero-order valence-electron chi connectivity index (χ0n) is 17.9. The maximum absolute atomic E-state index is 13.3. The van der Waals surface area contributed by atoms with Crippen LogP contribution >= 0.6 is 0 Å². The number of unbranched alkanes of at least 4 members (excludes halogenated alkanes) is 2. The van der Waals surface area contributed by atoms with Crippen LogP contribution in [-0.4, -0.2) is 32.4 Å². The van der Waals surface area contributed by atoms with E-state index in [1.807, 2.05) is 17.0 Å². The van der Waals surface area contributed by atoms with Crippen LogP contribution in [0.15, 0.2) is 61.2 Å². The number of H-pyrrole nitrogens is 1. The quantitative estimate of drug-likeness (QED) is 0.415. The summed E-state index contributed by atoms with van der Waals surface area (Å²) < 4.78 is 0. The predicted molar refractivity (Wildman–Crippen MR) is 126 cm³/mol. The standard InChI is InChI=1S/C25H26N6O/c32-22(12-2-1-7-15-26-24-23-25(28-16-27-23)30-17-29-24)31-20-10-5-3-8-18(20)13-14-19-9-4-6-11-21(19)31/h3-6,8-11,16-17H,1-2,7,12-15H2,(H2,26,27,28,29,30). The first-order valence-electron chi connectivity index (χ1n) is 11.2. The number of rotatable bonds is 7. The fraction of sp³-hybridized carbons (Fsp3) is 0.280. The molecule has 2 aromatic heterocycles. The summed E-state index contributed by atoms with van der Waals surface area (Å²) in [5.74, 6) is 0.927. The number of amides is 1. The Morgan fingerprint density at radius 1 is 0.906 bits per heavy atom. The van der Waals surface area contributed by atoms with Crippen molar-refractivity contribution < 1.29 is 4.79 Å². The maximum atomic E-state index is 13.3. The van der Waals surface area contributed by atoms with Gasteiger partial charge >= 0.3 is 0 Å². The summed E-state index contributed by atoms with van der Waals surface area (Å²) in [4.78, 5) is 30.9. The summed E-state index contributed by atoms with van der Waals surface area (Å²) >= 11 is 0. The van der Waals surface area contributed by atoms with Crippen LogP contribution in [0.4, 0.5) is 17.2 Å². The highest BCUT2D eigenvalue weighted by molar-refractivity contribution is 6.02. The molecule has 5 rings (SSSR count). The van der Waals surface area contributed by atoms with Gasteiger partial charge in [0.05, 0.1) is 17.7 Å². The molecule has 0 saturated carbocycles. The van der Waals surface area contributed by atoms with Gasteiger partial charge in [0.25, 0.3) is 0 Å². The normalized spacial score (nSPS) is 12.8. The average Bonchev–Trinajstić information content (AvgIpc) is 3.24. The van der Waals surface area contributed by atoms with Crippen LogP contribution in [0, 0.1) is 0 Å². The van der Waals surface area contributed by atoms with Crippen LogP contribution in [0.3, 0.4) is 0 Å². The number of nitrogens with zero attached hydrogens (tertiary/aromatic N) is 4. The molecule has 2 N–H and O–H groups in total. The highest BCUT2D eigenvalue weighted by Crippen LogP contribution is 2.36. The van der Waals surface area contributed by atoms with E-state index in [0.717, 1.165) is 61.4 Å². The third-order valence-electron chi connectivity index (χ3n) is 5.96. The number of hydrogen-bond donors (Lipinski definition) is 2. The van der Waals surface area contributed by atoms with Gasteiger partial charge in [-0.15, -0.1) is 0 Å². The average molecular weight is 427 g/mol. The molecule has 1 aliphatic heterocycles. The van der Waals surface area contributed by atoms with Gasteiger partial charge < -0.3 is 10.3 Å². The van der Waals surface area contributed by atoms with Crippen LogP contribution in [0.1, 0.15) is 36.8 Å². The molecule has 0 aliphatic carbocycles. The number of anilines is 3. The second-order valence-corrected chi connectivity index (χ2v) is 8.05. The van der Waals surface area contributed by atoms with Gasteiger partial charge in [0.15, 0.2) is 11.5 Å². The number of aryl methyl sites for hydroxylation is 2. The molecular weight excluding hydrogens is 400 g/mol. The van der Waals surface area contributed by atoms with Crippen molar-refractivity contribution in [3.63, 3.8) is 0 Å². The van der Waals surface area contributed by atoms with Gasteiger partial charge in [0.2, 0.25) is 5.91 Å². The molecular formula is C25H26N6O. The van der Waals surface area contributed by atoms with Crippen LogP contribution in [-0.2, 0) is 17.6 Å². The molecule has 2 aromatic carbocycles. The van der Waals surface area contributed by atoms with Crippen molar-refractivity contribution in [2.45, 2.75) is 38.5 Å². The van der Waals surface area contributed by atoms with Crippen molar-refractivity contribution in [2.24, 2.45) is 0 Å². The van der Waals surface area contributed by atoms with Gasteiger partial charge in [-0.3, -0.25) is 9.69 Å². The van der Waals surface area contributed by atoms with Crippen molar-refractivity contribution in [1.82, 2.24) is 19.9 Å². The van der Waals surface area contributed by atoms with Crippen LogP contribution in [0.5, 0.6) is 0 Å². The number of aromatic amines is 1. The Kier molecular flexibility index (Phi) is 5.79. The molecule has 0 atom stereocenters. The van der Waals surface area contributed by atoms with E-state index in [2.05, 4.69) is 61.7 Å². The van der Waals surface area contributed by atoms with Crippen molar-refractivity contribution in [2.75, 3.05) is 16.8 Å². The second kappa shape index (κ2) is 9.18. The van der Waals surface area contributed by atoms with E-state index in [1.165, 1.54) is 17.5 Å². The number of aromatic nitrogens is 4. The lowest BCUT2D eigenvalue weighted by molar-refractivity contribution is -0.118. The van der Waals surface area contributed by atoms with Gasteiger partial charge in [-0.05, 0) is 48.9 Å². The number of nitrogens with one attached hydrogen (secondary N) is 2. The Balaban J connectivity index is 1.19. The second-order valence-electron chi connectivity index (χ2n) is 8.05. The Morgan fingerprint density at radius 3 is 2.38 bits per heavy atom. The monoisotopic (exact) mass is 426 g/mol. The van der Waals surface area contributed by atoms with Crippen molar-refractivity contribution in [1.29, 1.82) is 0 Å². The van der Waals surface area contributed by atoms with Gasteiger partial charge in [-0.2, -0.15) is 0 Å². The summed E-state index contributed by atoms with van der Waals surface area (Å²) in [5.41, 5.74) is 5.99. The Labute approximate surface area is 186 Å². The van der Waals surface area contributed by atoms with Crippen molar-refractivity contribution in [3.05, 3.63) is 72.3 Å². The number of benzene rings is 2. The molecule has 32 heavy (non-hydrogen) atoms. The Morgan fingerprint density at radius 2 is 1.62 bits per heavy atom. The van der Waals surface area contributed by atoms with E-state index in [-0.39, 0.29) is 5.91 Å². The summed E-state index contributed by atoms with van der Waals surface area (Å²) in [5, 5.41) is 3.34. The predicted octanol–water partition coefficient (Wildman–Crippen LogP) is 4.79. The van der Waals surface area contributed by atoms with Gasteiger partial charge in [-0.1, -0.05) is 42.8 Å². The van der Waals surface area contributed by atoms with Gasteiger partial charge in [0, 0.05) is 13.0 Å². The molecule has 7 heteroatoms. The molecule has 0 radical (unpaired) electrons. The summed E-state index contributed by atoms with van der Waals surface area (Å²) in [7, 11) is 0. The lowest BCUT2D eigenvalue weighted by Gasteiger charge is -2.25. The largest absolute Gasteiger partial charge is 0.368 e. The topological polar surface area (TPSA) is 86.8 Å². The third-order valence-corrected chi connectivity index (χ3v) is 5.96. The molecule has 7 nitrogen and oxygen atoms in total. The molecule has 0 bridgehead atoms. The molecule has 3 heterocycles. The summed E-state index contributed by atoms with van der Waals surface area (Å²) in [6, 6.07) is 16.5. The van der Waals surface area contributed by atoms with E-state index in [0.29, 0.717) is 12.1 Å². The zero-order valence-corrected chi connectivity index (χ0v) is 17.9. The SMILES string of the molecule is O=C(CCCCCNc1ncnc2nc[nH]c12)N1c2ccccc2CCc2ccccc21. The smallest absolute Gasteiger partial charge is 0.231 e. The van der Waals surface area contributed by atoms with Crippen molar-refractivity contribution >= 4 is 34.3 Å². The molecule has 1 aliphatic rings. The third kappa shape index (κ3) is 4.06. The lowest BCUT2D eigenvalue weighted by atomic mass is 10.0. The lowest BCUT2D eigenvalue weighted by Crippen LogP contribution is -2.26. The Hall–Kier alpha value is -3.74. The first kappa shape index (κ1) is 20.2. The van der Waals surface area contributed by atoms with Crippen LogP contribution < -0.4 is 10.2 Å². The van der Waals surface area contributed by atoms with Gasteiger partial charge in [-0.25, -0.2) is 15.0 Å². The van der Waals surface area contributed by atoms with Gasteiger partial charge in [0.1, 0.15) is 11.8 Å². The first-order chi connectivity index (χ1) is 15.8. The minimum atomic E-state index is 0.162. The zero-order chi connectivity index (χ0) is 21.8. The number of fused-ring (bicyclic) bond motifs is 3. The Bertz CT molecular complexity index is 1190. The van der Waals surface area contributed by atoms with E-state index in [9.17, 15) is 4.79 Å². The molecule has 162 valence electrons. The number of hydrogen-bond acceptors (Lipinski definition) is 5. The molecule has 0 spiro atoms. The molecule has 4 aromatic rings. The highest BCUT2D eigenvalue weighted by Gasteiger charge is 2.24. The molecule has 0 unspecified atom stereocenters. The number of imidazole rings is 1. The van der Waals surface area contributed by atoms with Crippen LogP contribution in [0.2, 0.25) is 0 Å². The van der Waals surface area contributed by atoms with E-state index >= 15 is 0 Å². The number of carbonyl (C=O) groups excluding carboxylic acids is 1. The summed E-state index contributed by atoms with van der Waals surface area (Å²) in [6.07, 6.45) is 8.35. The first-order valence-corrected chi connectivity index (χ1v) is 11.2. The number of carbonyl (C=O) groups is 1. The minimum absolute atomic E-state index is 0.162. The maximum Gasteiger partial charge on any atom is 0.231 e. The highest BCUT2D eigenvalue weighted by atomic mass is 16.2. The number of para-hydroxylation sites is 2. The fourth-order valence-electron chi connectivity index (χ4n) is 4.34. The van der Waals surface area contributed by atoms with E-state index in [1.54, 1.807) is 6.33 Å².